The van der Waals surface area contributed by atoms with Gasteiger partial charge in [-0.1, -0.05) is 24.3 Å². The molecule has 4 nitrogen and oxygen atoms in total. The number of hydrogen-bond acceptors (Lipinski definition) is 2. The minimum Gasteiger partial charge on any atom is -0.309 e. The second kappa shape index (κ2) is 7.70. The largest absolute Gasteiger partial charge is 0.309 e. The average Bonchev–Trinajstić information content (AvgIpc) is 3.49. The summed E-state index contributed by atoms with van der Waals surface area (Å²) in [5.74, 6) is 0.0931. The summed E-state index contributed by atoms with van der Waals surface area (Å²) in [6.07, 6.45) is 0. The van der Waals surface area contributed by atoms with Gasteiger partial charge in [-0.25, -0.2) is 18.7 Å². The van der Waals surface area contributed by atoms with Gasteiger partial charge in [0.2, 0.25) is 0 Å². The molecule has 0 unspecified atom stereocenters. The number of nitrogens with zero attached hydrogens (tertiary/aromatic N) is 4. The van der Waals surface area contributed by atoms with E-state index in [9.17, 15) is 8.78 Å². The molecule has 8 aromatic rings. The lowest BCUT2D eigenvalue weighted by molar-refractivity contribution is 0.628. The minimum absolute atomic E-state index is 0.352. The summed E-state index contributed by atoms with van der Waals surface area (Å²) in [4.78, 5) is 9.97. The third kappa shape index (κ3) is 2.94. The van der Waals surface area contributed by atoms with Gasteiger partial charge in [-0.15, -0.1) is 0 Å². The monoisotopic (exact) mass is 496 g/mol. The highest BCUT2D eigenvalue weighted by atomic mass is 19.1. The number of imidazole rings is 1. The molecule has 5 aromatic carbocycles. The molecule has 8 rings (SSSR count). The van der Waals surface area contributed by atoms with E-state index in [0.29, 0.717) is 10.8 Å². The maximum absolute atomic E-state index is 14.1. The van der Waals surface area contributed by atoms with Crippen molar-refractivity contribution in [2.45, 2.75) is 0 Å². The lowest BCUT2D eigenvalue weighted by Gasteiger charge is -2.11. The molecule has 3 aromatic heterocycles. The van der Waals surface area contributed by atoms with Gasteiger partial charge < -0.3 is 4.57 Å². The van der Waals surface area contributed by atoms with Crippen LogP contribution in [-0.4, -0.2) is 18.9 Å². The molecule has 0 bridgehead atoms. The summed E-state index contributed by atoms with van der Waals surface area (Å²) in [5, 5.41) is 2.34. The van der Waals surface area contributed by atoms with E-state index in [1.165, 1.54) is 24.3 Å². The van der Waals surface area contributed by atoms with Crippen molar-refractivity contribution in [3.05, 3.63) is 121 Å². The van der Waals surface area contributed by atoms with Gasteiger partial charge in [-0.3, -0.25) is 4.40 Å². The number of rotatable bonds is 2. The van der Waals surface area contributed by atoms with Crippen LogP contribution in [0, 0.1) is 11.6 Å². The molecule has 0 radical (unpaired) electrons. The Morgan fingerprint density at radius 3 is 1.87 bits per heavy atom. The van der Waals surface area contributed by atoms with E-state index in [1.54, 1.807) is 12.1 Å². The Bertz CT molecular complexity index is 2150. The quantitative estimate of drug-likeness (QED) is 0.243. The molecule has 0 N–H and O–H groups in total. The average molecular weight is 497 g/mol. The number of para-hydroxylation sites is 3. The summed E-state index contributed by atoms with van der Waals surface area (Å²) < 4.78 is 32.4. The van der Waals surface area contributed by atoms with Crippen LogP contribution in [0.3, 0.4) is 0 Å². The molecule has 0 aliphatic carbocycles. The molecule has 0 fully saturated rings. The molecule has 0 amide bonds. The van der Waals surface area contributed by atoms with E-state index in [4.69, 9.17) is 9.97 Å². The summed E-state index contributed by atoms with van der Waals surface area (Å²) >= 11 is 0. The van der Waals surface area contributed by atoms with Gasteiger partial charge in [0.05, 0.1) is 27.6 Å². The van der Waals surface area contributed by atoms with Crippen LogP contribution < -0.4 is 0 Å². The topological polar surface area (TPSA) is 35.1 Å². The van der Waals surface area contributed by atoms with Crippen molar-refractivity contribution in [1.82, 2.24) is 18.9 Å². The molecule has 3 heterocycles. The van der Waals surface area contributed by atoms with Gasteiger partial charge in [0.25, 0.3) is 0 Å². The fraction of sp³-hybridized carbons (Fsp3) is 0. The lowest BCUT2D eigenvalue weighted by atomic mass is 10.1. The number of aromatic nitrogens is 4. The fourth-order valence-electron chi connectivity index (χ4n) is 5.54. The molecule has 0 saturated heterocycles. The van der Waals surface area contributed by atoms with E-state index in [-0.39, 0.29) is 11.6 Å². The smallest absolute Gasteiger partial charge is 0.149 e. The Morgan fingerprint density at radius 2 is 1.16 bits per heavy atom. The third-order valence-electron chi connectivity index (χ3n) is 7.22. The van der Waals surface area contributed by atoms with Crippen molar-refractivity contribution >= 4 is 49.4 Å². The maximum atomic E-state index is 14.1. The Labute approximate surface area is 215 Å². The van der Waals surface area contributed by atoms with Gasteiger partial charge in [0.15, 0.2) is 0 Å². The van der Waals surface area contributed by atoms with Crippen LogP contribution in [0.5, 0.6) is 0 Å². The zero-order valence-electron chi connectivity index (χ0n) is 19.9. The minimum atomic E-state index is -0.352. The Hall–Kier alpha value is -5.10. The zero-order chi connectivity index (χ0) is 25.4. The van der Waals surface area contributed by atoms with Crippen molar-refractivity contribution in [1.29, 1.82) is 0 Å². The molecule has 6 heteroatoms. The van der Waals surface area contributed by atoms with Crippen LogP contribution in [0.2, 0.25) is 0 Å². The van der Waals surface area contributed by atoms with Gasteiger partial charge in [0, 0.05) is 27.4 Å². The number of hydrogen-bond donors (Lipinski definition) is 0. The third-order valence-corrected chi connectivity index (χ3v) is 7.22. The second-order valence-electron chi connectivity index (χ2n) is 9.42. The normalized spacial score (nSPS) is 11.9. The van der Waals surface area contributed by atoms with Gasteiger partial charge in [-0.2, -0.15) is 0 Å². The van der Waals surface area contributed by atoms with E-state index in [2.05, 4.69) is 10.5 Å². The maximum Gasteiger partial charge on any atom is 0.149 e. The number of halogens is 2. The number of benzene rings is 5. The zero-order valence-corrected chi connectivity index (χ0v) is 19.9. The Kier molecular flexibility index (Phi) is 4.26. The van der Waals surface area contributed by atoms with Gasteiger partial charge in [-0.05, 0) is 84.9 Å². The fourth-order valence-corrected chi connectivity index (χ4v) is 5.54. The standard InChI is InChI=1S/C32H18F2N4/c33-20-11-15-28-24(17-20)25-18-21(34)12-16-29(25)37(28)22-13-9-19(10-14-22)31-35-26-6-2-1-5-23(26)32-36-27-7-3-4-8-30(27)38(31)32/h1-18H. The first-order chi connectivity index (χ1) is 18.7. The predicted octanol–water partition coefficient (Wildman–Crippen LogP) is 8.08. The predicted molar refractivity (Wildman–Crippen MR) is 148 cm³/mol. The van der Waals surface area contributed by atoms with Gasteiger partial charge in [0.1, 0.15) is 23.1 Å². The summed E-state index contributed by atoms with van der Waals surface area (Å²) in [5.41, 5.74) is 7.09. The molecule has 0 saturated carbocycles. The van der Waals surface area contributed by atoms with Crippen molar-refractivity contribution in [2.24, 2.45) is 0 Å². The Balaban J connectivity index is 1.37. The first-order valence-corrected chi connectivity index (χ1v) is 12.3. The highest BCUT2D eigenvalue weighted by molar-refractivity contribution is 6.09. The van der Waals surface area contributed by atoms with E-state index in [1.807, 2.05) is 71.3 Å². The van der Waals surface area contributed by atoms with Crippen LogP contribution in [0.4, 0.5) is 8.78 Å². The SMILES string of the molecule is Fc1ccc2c(c1)c1cc(F)ccc1n2-c1ccc(-c2nc3ccccc3c3nc4ccccc4n23)cc1. The van der Waals surface area contributed by atoms with Crippen LogP contribution >= 0.6 is 0 Å². The van der Waals surface area contributed by atoms with E-state index >= 15 is 0 Å². The molecule has 180 valence electrons. The molecule has 0 spiro atoms. The first-order valence-electron chi connectivity index (χ1n) is 12.3. The molecule has 0 atom stereocenters. The molecule has 0 aliphatic rings. The first kappa shape index (κ1) is 21.0. The van der Waals surface area contributed by atoms with Gasteiger partial charge >= 0.3 is 0 Å². The van der Waals surface area contributed by atoms with Crippen LogP contribution in [-0.2, 0) is 0 Å². The highest BCUT2D eigenvalue weighted by Gasteiger charge is 2.17. The highest BCUT2D eigenvalue weighted by Crippen LogP contribution is 2.34. The van der Waals surface area contributed by atoms with Crippen LogP contribution in [0.1, 0.15) is 0 Å². The van der Waals surface area contributed by atoms with Crippen LogP contribution in [0.25, 0.3) is 66.5 Å². The van der Waals surface area contributed by atoms with E-state index < -0.39 is 0 Å². The van der Waals surface area contributed by atoms with Crippen molar-refractivity contribution in [3.63, 3.8) is 0 Å². The summed E-state index contributed by atoms with van der Waals surface area (Å²) in [7, 11) is 0. The molecule has 38 heavy (non-hydrogen) atoms. The second-order valence-corrected chi connectivity index (χ2v) is 9.42. The molecular weight excluding hydrogens is 478 g/mol. The van der Waals surface area contributed by atoms with Crippen LogP contribution in [0.15, 0.2) is 109 Å². The van der Waals surface area contributed by atoms with Crippen molar-refractivity contribution in [2.75, 3.05) is 0 Å². The van der Waals surface area contributed by atoms with E-state index in [0.717, 1.165) is 55.7 Å². The summed E-state index contributed by atoms with van der Waals surface area (Å²) in [6, 6.07) is 33.5. The molecule has 0 aliphatic heterocycles. The number of fused-ring (bicyclic) bond motifs is 8. The Morgan fingerprint density at radius 1 is 0.526 bits per heavy atom. The van der Waals surface area contributed by atoms with Crippen molar-refractivity contribution < 1.29 is 8.78 Å². The summed E-state index contributed by atoms with van der Waals surface area (Å²) in [6.45, 7) is 0. The lowest BCUT2D eigenvalue weighted by Crippen LogP contribution is -1.99. The van der Waals surface area contributed by atoms with Crippen molar-refractivity contribution in [3.8, 4) is 17.1 Å². The molecular formula is C32H18F2N4.